The first-order chi connectivity index (χ1) is 11.5. The van der Waals surface area contributed by atoms with Gasteiger partial charge in [0.2, 0.25) is 0 Å². The van der Waals surface area contributed by atoms with Crippen molar-refractivity contribution in [2.45, 2.75) is 104 Å². The summed E-state index contributed by atoms with van der Waals surface area (Å²) in [5, 5.41) is 0. The molecule has 5 heteroatoms. The molecule has 0 spiro atoms. The summed E-state index contributed by atoms with van der Waals surface area (Å²) < 4.78 is 27.3. The Hall–Kier alpha value is -0.130. The van der Waals surface area contributed by atoms with Gasteiger partial charge in [-0.3, -0.25) is 0 Å². The second-order valence-electron chi connectivity index (χ2n) is 7.31. The molecule has 0 saturated heterocycles. The zero-order valence-corrected chi connectivity index (χ0v) is 17.1. The molecule has 0 rings (SSSR count). The van der Waals surface area contributed by atoms with Gasteiger partial charge >= 0.3 is 0 Å². The topological polar surface area (TPSA) is 55.4 Å². The van der Waals surface area contributed by atoms with Gasteiger partial charge in [0.1, 0.15) is 0 Å². The van der Waals surface area contributed by atoms with Crippen LogP contribution in [0.4, 0.5) is 0 Å². The van der Waals surface area contributed by atoms with Crippen molar-refractivity contribution in [3.05, 3.63) is 0 Å². The Morgan fingerprint density at radius 3 is 1.71 bits per heavy atom. The number of nitrogens with one attached hydrogen (secondary N) is 1. The molecule has 0 atom stereocenters. The smallest absolute Gasteiger partial charge is 0.198 e. The fraction of sp³-hybridized carbons (Fsp3) is 1.00. The van der Waals surface area contributed by atoms with Crippen LogP contribution in [0.1, 0.15) is 104 Å². The van der Waals surface area contributed by atoms with Gasteiger partial charge in [-0.05, 0) is 18.8 Å². The number of hydrogen-bond acceptors (Lipinski definition) is 4. The third kappa shape index (κ3) is 18.2. The van der Waals surface area contributed by atoms with Crippen molar-refractivity contribution >= 4 is 10.1 Å². The van der Waals surface area contributed by atoms with Crippen molar-refractivity contribution in [1.29, 1.82) is 0 Å². The van der Waals surface area contributed by atoms with E-state index >= 15 is 0 Å². The van der Waals surface area contributed by atoms with Crippen molar-refractivity contribution in [2.75, 3.05) is 12.3 Å². The van der Waals surface area contributed by atoms with Crippen molar-refractivity contribution in [3.63, 3.8) is 0 Å². The first kappa shape index (κ1) is 23.9. The SMILES string of the molecule is CCCS(=O)(=O)ONCCCCCCCCCCCCCC(C)C. The van der Waals surface area contributed by atoms with E-state index in [4.69, 9.17) is 4.28 Å². The summed E-state index contributed by atoms with van der Waals surface area (Å²) in [7, 11) is -3.36. The fourth-order valence-electron chi connectivity index (χ4n) is 2.76. The van der Waals surface area contributed by atoms with Gasteiger partial charge in [0.15, 0.2) is 0 Å². The quantitative estimate of drug-likeness (QED) is 0.255. The van der Waals surface area contributed by atoms with E-state index in [1.165, 1.54) is 64.2 Å². The third-order valence-corrected chi connectivity index (χ3v) is 5.48. The summed E-state index contributed by atoms with van der Waals surface area (Å²) in [6, 6.07) is 0. The number of unbranched alkanes of at least 4 members (excludes halogenated alkanes) is 10. The minimum atomic E-state index is -3.36. The van der Waals surface area contributed by atoms with Gasteiger partial charge < -0.3 is 0 Å². The first-order valence-electron chi connectivity index (χ1n) is 10.1. The molecule has 0 aromatic carbocycles. The minimum absolute atomic E-state index is 0.0811. The van der Waals surface area contributed by atoms with Crippen LogP contribution in [0, 0.1) is 5.92 Å². The van der Waals surface area contributed by atoms with E-state index in [0.29, 0.717) is 13.0 Å². The molecule has 0 aliphatic heterocycles. The van der Waals surface area contributed by atoms with Gasteiger partial charge in [0.25, 0.3) is 10.1 Å². The highest BCUT2D eigenvalue weighted by molar-refractivity contribution is 7.86. The molecule has 0 aliphatic rings. The number of hydroxylamine groups is 1. The van der Waals surface area contributed by atoms with Gasteiger partial charge in [-0.25, -0.2) is 0 Å². The molecule has 4 nitrogen and oxygen atoms in total. The molecular weight excluding hydrogens is 322 g/mol. The second kappa shape index (κ2) is 16.3. The van der Waals surface area contributed by atoms with Crippen LogP contribution in [0.5, 0.6) is 0 Å². The van der Waals surface area contributed by atoms with Crippen LogP contribution >= 0.6 is 0 Å². The van der Waals surface area contributed by atoms with Crippen molar-refractivity contribution < 1.29 is 12.7 Å². The van der Waals surface area contributed by atoms with E-state index in [9.17, 15) is 8.42 Å². The maximum absolute atomic E-state index is 11.3. The molecule has 0 bridgehead atoms. The summed E-state index contributed by atoms with van der Waals surface area (Å²) in [6.45, 7) is 7.04. The number of hydrogen-bond donors (Lipinski definition) is 1. The van der Waals surface area contributed by atoms with E-state index in [1.54, 1.807) is 0 Å². The van der Waals surface area contributed by atoms with Gasteiger partial charge in [0.05, 0.1) is 5.75 Å². The van der Waals surface area contributed by atoms with Gasteiger partial charge in [-0.2, -0.15) is 18.2 Å². The molecule has 0 aromatic heterocycles. The average Bonchev–Trinajstić information content (AvgIpc) is 2.50. The van der Waals surface area contributed by atoms with Crippen LogP contribution in [-0.2, 0) is 14.4 Å². The van der Waals surface area contributed by atoms with E-state index in [-0.39, 0.29) is 5.75 Å². The van der Waals surface area contributed by atoms with Crippen LogP contribution in [0.3, 0.4) is 0 Å². The van der Waals surface area contributed by atoms with E-state index in [0.717, 1.165) is 18.8 Å². The Morgan fingerprint density at radius 1 is 0.792 bits per heavy atom. The van der Waals surface area contributed by atoms with Crippen molar-refractivity contribution in [2.24, 2.45) is 5.92 Å². The molecule has 0 aliphatic carbocycles. The average molecular weight is 364 g/mol. The summed E-state index contributed by atoms with van der Waals surface area (Å²) in [5.41, 5.74) is 2.56. The highest BCUT2D eigenvalue weighted by Crippen LogP contribution is 2.13. The Bertz CT molecular complexity index is 356. The van der Waals surface area contributed by atoms with E-state index in [2.05, 4.69) is 19.3 Å². The Kier molecular flexibility index (Phi) is 16.3. The summed E-state index contributed by atoms with van der Waals surface area (Å²) in [5.74, 6) is 0.935. The highest BCUT2D eigenvalue weighted by Gasteiger charge is 2.08. The second-order valence-corrected chi connectivity index (χ2v) is 9.00. The molecule has 1 N–H and O–H groups in total. The maximum Gasteiger partial charge on any atom is 0.283 e. The molecule has 0 aromatic rings. The summed E-state index contributed by atoms with van der Waals surface area (Å²) in [6.07, 6.45) is 16.3. The molecule has 0 radical (unpaired) electrons. The summed E-state index contributed by atoms with van der Waals surface area (Å²) in [4.78, 5) is 0. The zero-order valence-electron chi connectivity index (χ0n) is 16.3. The zero-order chi connectivity index (χ0) is 18.1. The largest absolute Gasteiger partial charge is 0.283 e. The van der Waals surface area contributed by atoms with E-state index < -0.39 is 10.1 Å². The standard InChI is InChI=1S/C19H41NO3S/c1-4-18-24(21,22)23-20-17-15-13-11-9-7-5-6-8-10-12-14-16-19(2)3/h19-20H,4-18H2,1-3H3. The lowest BCUT2D eigenvalue weighted by Gasteiger charge is -2.06. The van der Waals surface area contributed by atoms with Crippen LogP contribution in [0.25, 0.3) is 0 Å². The minimum Gasteiger partial charge on any atom is -0.198 e. The van der Waals surface area contributed by atoms with Crippen LogP contribution < -0.4 is 5.48 Å². The molecular formula is C19H41NO3S. The van der Waals surface area contributed by atoms with Crippen LogP contribution in [0.15, 0.2) is 0 Å². The molecule has 0 amide bonds. The normalized spacial score (nSPS) is 12.2. The number of rotatable bonds is 18. The van der Waals surface area contributed by atoms with E-state index in [1.807, 2.05) is 6.92 Å². The maximum atomic E-state index is 11.3. The van der Waals surface area contributed by atoms with Gasteiger partial charge in [0, 0.05) is 6.54 Å². The van der Waals surface area contributed by atoms with Gasteiger partial charge in [-0.1, -0.05) is 91.4 Å². The van der Waals surface area contributed by atoms with Crippen molar-refractivity contribution in [3.8, 4) is 0 Å². The third-order valence-electron chi connectivity index (χ3n) is 4.20. The van der Waals surface area contributed by atoms with Gasteiger partial charge in [-0.15, -0.1) is 0 Å². The molecule has 146 valence electrons. The molecule has 0 unspecified atom stereocenters. The van der Waals surface area contributed by atoms with Crippen LogP contribution in [-0.4, -0.2) is 20.7 Å². The molecule has 0 heterocycles. The molecule has 0 saturated carbocycles. The predicted molar refractivity (Wildman–Crippen MR) is 103 cm³/mol. The fourth-order valence-corrected chi connectivity index (χ4v) is 3.61. The summed E-state index contributed by atoms with van der Waals surface area (Å²) >= 11 is 0. The highest BCUT2D eigenvalue weighted by atomic mass is 32.2. The molecule has 24 heavy (non-hydrogen) atoms. The van der Waals surface area contributed by atoms with Crippen molar-refractivity contribution in [1.82, 2.24) is 5.48 Å². The molecule has 0 fully saturated rings. The van der Waals surface area contributed by atoms with Crippen LogP contribution in [0.2, 0.25) is 0 Å². The first-order valence-corrected chi connectivity index (χ1v) is 11.7. The lowest BCUT2D eigenvalue weighted by molar-refractivity contribution is 0.201. The Balaban J connectivity index is 3.15. The predicted octanol–water partition coefficient (Wildman–Crippen LogP) is 5.58. The Morgan fingerprint density at radius 2 is 1.25 bits per heavy atom. The lowest BCUT2D eigenvalue weighted by atomic mass is 10.0. The lowest BCUT2D eigenvalue weighted by Crippen LogP contribution is -2.23. The Labute approximate surface area is 151 Å². The monoisotopic (exact) mass is 363 g/mol.